The van der Waals surface area contributed by atoms with Crippen LogP contribution < -0.4 is 5.32 Å². The summed E-state index contributed by atoms with van der Waals surface area (Å²) in [6, 6.07) is 5.35. The number of aryl methyl sites for hydroxylation is 1. The van der Waals surface area contributed by atoms with Gasteiger partial charge in [0, 0.05) is 58.1 Å². The molecule has 0 spiro atoms. The summed E-state index contributed by atoms with van der Waals surface area (Å²) in [4.78, 5) is 9.40. The molecule has 3 rings (SSSR count). The SMILES string of the molecule is CCNC(=NCc1cnn(C)c1)N1CCN(Cc2ccc(Br)c(F)c2)CC1.I. The lowest BCUT2D eigenvalue weighted by Crippen LogP contribution is -2.52. The highest BCUT2D eigenvalue weighted by molar-refractivity contribution is 14.0. The molecule has 0 aliphatic carbocycles. The molecule has 1 aromatic carbocycles. The van der Waals surface area contributed by atoms with E-state index in [1.807, 2.05) is 25.5 Å². The number of rotatable bonds is 5. The van der Waals surface area contributed by atoms with Crippen LogP contribution in [-0.4, -0.2) is 58.3 Å². The van der Waals surface area contributed by atoms with Crippen LogP contribution in [0.4, 0.5) is 4.39 Å². The summed E-state index contributed by atoms with van der Waals surface area (Å²) < 4.78 is 16.0. The number of aliphatic imine (C=N–C) groups is 1. The highest BCUT2D eigenvalue weighted by Crippen LogP contribution is 2.18. The first-order chi connectivity index (χ1) is 13.0. The minimum atomic E-state index is -0.205. The molecule has 0 radical (unpaired) electrons. The van der Waals surface area contributed by atoms with Crippen LogP contribution in [0.25, 0.3) is 0 Å². The number of nitrogens with zero attached hydrogens (tertiary/aromatic N) is 5. The average molecular weight is 565 g/mol. The van der Waals surface area contributed by atoms with Gasteiger partial charge in [-0.15, -0.1) is 24.0 Å². The smallest absolute Gasteiger partial charge is 0.194 e. The van der Waals surface area contributed by atoms with Crippen LogP contribution in [0, 0.1) is 5.82 Å². The van der Waals surface area contributed by atoms with Crippen LogP contribution in [0.5, 0.6) is 0 Å². The Labute approximate surface area is 191 Å². The van der Waals surface area contributed by atoms with Gasteiger partial charge in [-0.25, -0.2) is 9.38 Å². The third-order valence-electron chi connectivity index (χ3n) is 4.57. The molecular formula is C19H27BrFIN6. The molecule has 0 unspecified atom stereocenters. The van der Waals surface area contributed by atoms with Gasteiger partial charge in [-0.05, 0) is 40.5 Å². The number of nitrogens with one attached hydrogen (secondary N) is 1. The van der Waals surface area contributed by atoms with E-state index >= 15 is 0 Å². The second-order valence-corrected chi connectivity index (χ2v) is 7.56. The zero-order chi connectivity index (χ0) is 19.2. The fraction of sp³-hybridized carbons (Fsp3) is 0.474. The summed E-state index contributed by atoms with van der Waals surface area (Å²) in [5.41, 5.74) is 2.10. The van der Waals surface area contributed by atoms with Crippen molar-refractivity contribution in [3.8, 4) is 0 Å². The Bertz CT molecular complexity index is 788. The number of guanidine groups is 1. The Kier molecular flexibility index (Phi) is 9.16. The van der Waals surface area contributed by atoms with Crippen molar-refractivity contribution in [3.05, 3.63) is 52.0 Å². The second-order valence-electron chi connectivity index (χ2n) is 6.70. The van der Waals surface area contributed by atoms with Crippen molar-refractivity contribution in [1.29, 1.82) is 0 Å². The zero-order valence-electron chi connectivity index (χ0n) is 16.2. The lowest BCUT2D eigenvalue weighted by atomic mass is 10.2. The van der Waals surface area contributed by atoms with Gasteiger partial charge in [-0.2, -0.15) is 5.10 Å². The van der Waals surface area contributed by atoms with Crippen LogP contribution >= 0.6 is 39.9 Å². The van der Waals surface area contributed by atoms with Gasteiger partial charge in [0.1, 0.15) is 5.82 Å². The molecule has 1 fully saturated rings. The monoisotopic (exact) mass is 564 g/mol. The average Bonchev–Trinajstić information content (AvgIpc) is 3.08. The first-order valence-electron chi connectivity index (χ1n) is 9.22. The Morgan fingerprint density at radius 2 is 2.00 bits per heavy atom. The number of hydrogen-bond acceptors (Lipinski definition) is 3. The van der Waals surface area contributed by atoms with E-state index in [0.29, 0.717) is 11.0 Å². The van der Waals surface area contributed by atoms with E-state index in [-0.39, 0.29) is 29.8 Å². The topological polar surface area (TPSA) is 48.7 Å². The molecule has 1 aliphatic rings. The van der Waals surface area contributed by atoms with Crippen molar-refractivity contribution in [2.75, 3.05) is 32.7 Å². The van der Waals surface area contributed by atoms with E-state index in [4.69, 9.17) is 4.99 Å². The fourth-order valence-electron chi connectivity index (χ4n) is 3.16. The van der Waals surface area contributed by atoms with Gasteiger partial charge in [0.2, 0.25) is 0 Å². The van der Waals surface area contributed by atoms with Crippen LogP contribution in [0.1, 0.15) is 18.1 Å². The molecule has 0 bridgehead atoms. The summed E-state index contributed by atoms with van der Waals surface area (Å²) in [5, 5.41) is 7.57. The Morgan fingerprint density at radius 1 is 1.25 bits per heavy atom. The van der Waals surface area contributed by atoms with Gasteiger partial charge >= 0.3 is 0 Å². The van der Waals surface area contributed by atoms with Crippen LogP contribution in [0.2, 0.25) is 0 Å². The van der Waals surface area contributed by atoms with Gasteiger partial charge in [0.15, 0.2) is 5.96 Å². The van der Waals surface area contributed by atoms with Crippen molar-refractivity contribution in [3.63, 3.8) is 0 Å². The predicted octanol–water partition coefficient (Wildman–Crippen LogP) is 3.22. The van der Waals surface area contributed by atoms with Crippen LogP contribution in [0.3, 0.4) is 0 Å². The van der Waals surface area contributed by atoms with Crippen molar-refractivity contribution >= 4 is 45.9 Å². The third-order valence-corrected chi connectivity index (χ3v) is 5.21. The molecule has 1 saturated heterocycles. The van der Waals surface area contributed by atoms with Crippen LogP contribution in [0.15, 0.2) is 40.1 Å². The van der Waals surface area contributed by atoms with E-state index in [2.05, 4.69) is 43.1 Å². The Hall–Kier alpha value is -1.20. The third kappa shape index (κ3) is 6.41. The Balaban J connectivity index is 0.00000280. The fourth-order valence-corrected chi connectivity index (χ4v) is 3.41. The number of piperazine rings is 1. The molecule has 2 heterocycles. The first kappa shape index (κ1) is 23.1. The van der Waals surface area contributed by atoms with E-state index in [1.54, 1.807) is 16.8 Å². The van der Waals surface area contributed by atoms with Crippen molar-refractivity contribution < 1.29 is 4.39 Å². The number of hydrogen-bond donors (Lipinski definition) is 1. The normalized spacial score (nSPS) is 15.4. The van der Waals surface area contributed by atoms with Gasteiger partial charge in [-0.1, -0.05) is 6.07 Å². The van der Waals surface area contributed by atoms with E-state index in [1.165, 1.54) is 0 Å². The molecule has 0 amide bonds. The molecule has 6 nitrogen and oxygen atoms in total. The number of halogens is 3. The van der Waals surface area contributed by atoms with E-state index in [9.17, 15) is 4.39 Å². The lowest BCUT2D eigenvalue weighted by molar-refractivity contribution is 0.172. The van der Waals surface area contributed by atoms with E-state index < -0.39 is 0 Å². The molecule has 0 saturated carbocycles. The van der Waals surface area contributed by atoms with Crippen molar-refractivity contribution in [1.82, 2.24) is 24.9 Å². The Morgan fingerprint density at radius 3 is 2.61 bits per heavy atom. The van der Waals surface area contributed by atoms with Crippen LogP contribution in [-0.2, 0) is 20.1 Å². The highest BCUT2D eigenvalue weighted by atomic mass is 127. The molecule has 2 aromatic rings. The van der Waals surface area contributed by atoms with Gasteiger partial charge in [0.25, 0.3) is 0 Å². The maximum Gasteiger partial charge on any atom is 0.194 e. The number of aromatic nitrogens is 2. The summed E-state index contributed by atoms with van der Waals surface area (Å²) in [7, 11) is 1.91. The molecule has 0 atom stereocenters. The highest BCUT2D eigenvalue weighted by Gasteiger charge is 2.20. The largest absolute Gasteiger partial charge is 0.357 e. The maximum absolute atomic E-state index is 13.7. The van der Waals surface area contributed by atoms with Crippen molar-refractivity contribution in [2.24, 2.45) is 12.0 Å². The summed E-state index contributed by atoms with van der Waals surface area (Å²) in [6.07, 6.45) is 3.84. The molecule has 28 heavy (non-hydrogen) atoms. The van der Waals surface area contributed by atoms with Crippen molar-refractivity contribution in [2.45, 2.75) is 20.0 Å². The predicted molar refractivity (Wildman–Crippen MR) is 124 cm³/mol. The van der Waals surface area contributed by atoms with E-state index in [0.717, 1.165) is 56.4 Å². The zero-order valence-corrected chi connectivity index (χ0v) is 20.2. The number of benzene rings is 1. The molecule has 154 valence electrons. The summed E-state index contributed by atoms with van der Waals surface area (Å²) in [5.74, 6) is 0.735. The minimum Gasteiger partial charge on any atom is -0.357 e. The lowest BCUT2D eigenvalue weighted by Gasteiger charge is -2.36. The molecule has 1 aromatic heterocycles. The van der Waals surface area contributed by atoms with Gasteiger partial charge in [0.05, 0.1) is 17.2 Å². The summed E-state index contributed by atoms with van der Waals surface area (Å²) >= 11 is 3.21. The van der Waals surface area contributed by atoms with Gasteiger partial charge < -0.3 is 10.2 Å². The quantitative estimate of drug-likeness (QED) is 0.344. The first-order valence-corrected chi connectivity index (χ1v) is 10.0. The minimum absolute atomic E-state index is 0. The molecule has 1 N–H and O–H groups in total. The van der Waals surface area contributed by atoms with Gasteiger partial charge in [-0.3, -0.25) is 9.58 Å². The second kappa shape index (κ2) is 11.1. The molecular weight excluding hydrogens is 538 g/mol. The standard InChI is InChI=1S/C19H26BrFN6.HI/c1-3-22-19(23-11-16-12-24-25(2)13-16)27-8-6-26(7-9-27)14-15-4-5-17(20)18(21)10-15;/h4-5,10,12-13H,3,6-9,11,14H2,1-2H3,(H,22,23);1H. The summed E-state index contributed by atoms with van der Waals surface area (Å²) in [6.45, 7) is 7.96. The maximum atomic E-state index is 13.7. The molecule has 1 aliphatic heterocycles. The molecule has 9 heteroatoms.